The lowest BCUT2D eigenvalue weighted by Crippen LogP contribution is -2.33. The van der Waals surface area contributed by atoms with Crippen LogP contribution in [0.15, 0.2) is 40.9 Å². The topological polar surface area (TPSA) is 55.4 Å². The van der Waals surface area contributed by atoms with Gasteiger partial charge < -0.3 is 10.1 Å². The van der Waals surface area contributed by atoms with Gasteiger partial charge in [-0.15, -0.1) is 0 Å². The van der Waals surface area contributed by atoms with Crippen LogP contribution in [0.25, 0.3) is 0 Å². The summed E-state index contributed by atoms with van der Waals surface area (Å²) >= 11 is 3.28. The highest BCUT2D eigenvalue weighted by atomic mass is 79.9. The first-order valence-corrected chi connectivity index (χ1v) is 6.24. The fourth-order valence-corrected chi connectivity index (χ4v) is 1.84. The van der Waals surface area contributed by atoms with Crippen LogP contribution in [-0.2, 0) is 14.3 Å². The summed E-state index contributed by atoms with van der Waals surface area (Å²) in [6, 6.07) is 5.98. The van der Waals surface area contributed by atoms with Gasteiger partial charge in [0.05, 0.1) is 7.11 Å². The van der Waals surface area contributed by atoms with Gasteiger partial charge in [0.2, 0.25) is 5.91 Å². The number of methoxy groups -OCH3 is 1. The maximum absolute atomic E-state index is 11.9. The molecule has 0 aliphatic heterocycles. The van der Waals surface area contributed by atoms with Gasteiger partial charge in [-0.05, 0) is 23.8 Å². The number of hydrogen-bond donors (Lipinski definition) is 1. The normalized spacial score (nSPS) is 12.2. The van der Waals surface area contributed by atoms with Crippen molar-refractivity contribution in [3.05, 3.63) is 46.5 Å². The number of halogens is 2. The summed E-state index contributed by atoms with van der Waals surface area (Å²) in [6.45, 7) is -0.743. The molecule has 0 bridgehead atoms. The van der Waals surface area contributed by atoms with Gasteiger partial charge in [0.15, 0.2) is 6.04 Å². The second-order valence-electron chi connectivity index (χ2n) is 3.58. The van der Waals surface area contributed by atoms with Crippen molar-refractivity contribution in [1.29, 1.82) is 0 Å². The monoisotopic (exact) mass is 329 g/mol. The molecule has 0 spiro atoms. The molecule has 1 amide bonds. The molecule has 0 fully saturated rings. The Labute approximate surface area is 118 Å². The van der Waals surface area contributed by atoms with Crippen molar-refractivity contribution in [2.24, 2.45) is 0 Å². The van der Waals surface area contributed by atoms with E-state index < -0.39 is 24.6 Å². The zero-order valence-electron chi connectivity index (χ0n) is 10.2. The minimum atomic E-state index is -0.931. The SMILES string of the molecule is COC(=O)C(NC(=O)/C=C/CF)c1cccc(Br)c1. The van der Waals surface area contributed by atoms with Crippen LogP contribution in [-0.4, -0.2) is 25.7 Å². The van der Waals surface area contributed by atoms with E-state index in [0.29, 0.717) is 5.56 Å². The van der Waals surface area contributed by atoms with Crippen LogP contribution in [0.3, 0.4) is 0 Å². The van der Waals surface area contributed by atoms with E-state index in [1.165, 1.54) is 7.11 Å². The van der Waals surface area contributed by atoms with Crippen LogP contribution >= 0.6 is 15.9 Å². The van der Waals surface area contributed by atoms with Gasteiger partial charge in [-0.1, -0.05) is 28.1 Å². The number of hydrogen-bond acceptors (Lipinski definition) is 3. The number of rotatable bonds is 5. The van der Waals surface area contributed by atoms with E-state index in [0.717, 1.165) is 16.6 Å². The van der Waals surface area contributed by atoms with Gasteiger partial charge in [0, 0.05) is 10.5 Å². The molecule has 4 nitrogen and oxygen atoms in total. The summed E-state index contributed by atoms with van der Waals surface area (Å²) in [7, 11) is 1.23. The molecule has 0 saturated carbocycles. The van der Waals surface area contributed by atoms with Crippen LogP contribution in [0.4, 0.5) is 4.39 Å². The minimum absolute atomic E-state index is 0.562. The van der Waals surface area contributed by atoms with Crippen LogP contribution in [0.5, 0.6) is 0 Å². The number of esters is 1. The third kappa shape index (κ3) is 4.82. The number of amides is 1. The van der Waals surface area contributed by atoms with Crippen molar-refractivity contribution in [3.8, 4) is 0 Å². The second-order valence-corrected chi connectivity index (χ2v) is 4.49. The molecular formula is C13H13BrFNO3. The van der Waals surface area contributed by atoms with Gasteiger partial charge >= 0.3 is 5.97 Å². The molecule has 0 aliphatic rings. The Balaban J connectivity index is 2.93. The number of alkyl halides is 1. The van der Waals surface area contributed by atoms with Gasteiger partial charge in [-0.2, -0.15) is 0 Å². The molecule has 0 aliphatic carbocycles. The lowest BCUT2D eigenvalue weighted by molar-refractivity contribution is -0.144. The molecule has 102 valence electrons. The highest BCUT2D eigenvalue weighted by Crippen LogP contribution is 2.19. The Bertz CT molecular complexity index is 491. The molecule has 0 saturated heterocycles. The van der Waals surface area contributed by atoms with Crippen LogP contribution in [0.1, 0.15) is 11.6 Å². The van der Waals surface area contributed by atoms with Crippen molar-refractivity contribution in [1.82, 2.24) is 5.32 Å². The average Bonchev–Trinajstić information content (AvgIpc) is 2.41. The number of ether oxygens (including phenoxy) is 1. The molecule has 1 N–H and O–H groups in total. The van der Waals surface area contributed by atoms with Crippen molar-refractivity contribution < 1.29 is 18.7 Å². The molecule has 19 heavy (non-hydrogen) atoms. The largest absolute Gasteiger partial charge is 0.467 e. The standard InChI is InChI=1S/C13H13BrFNO3/c1-19-13(18)12(16-11(17)6-3-7-15)9-4-2-5-10(14)8-9/h2-6,8,12H,7H2,1H3,(H,16,17)/b6-3+. The number of carbonyl (C=O) groups is 2. The summed E-state index contributed by atoms with van der Waals surface area (Å²) in [5.74, 6) is -1.16. The Morgan fingerprint density at radius 3 is 2.84 bits per heavy atom. The van der Waals surface area contributed by atoms with E-state index in [-0.39, 0.29) is 0 Å². The van der Waals surface area contributed by atoms with Gasteiger partial charge in [-0.25, -0.2) is 9.18 Å². The number of nitrogens with one attached hydrogen (secondary N) is 1. The zero-order chi connectivity index (χ0) is 14.3. The van der Waals surface area contributed by atoms with E-state index >= 15 is 0 Å². The molecule has 1 aromatic carbocycles. The molecule has 0 aromatic heterocycles. The molecule has 1 unspecified atom stereocenters. The minimum Gasteiger partial charge on any atom is -0.467 e. The van der Waals surface area contributed by atoms with E-state index in [2.05, 4.69) is 26.0 Å². The number of benzene rings is 1. The van der Waals surface area contributed by atoms with Crippen LogP contribution in [0, 0.1) is 0 Å². The molecule has 0 heterocycles. The second kappa shape index (κ2) is 7.68. The lowest BCUT2D eigenvalue weighted by atomic mass is 10.1. The molecule has 6 heteroatoms. The maximum Gasteiger partial charge on any atom is 0.333 e. The van der Waals surface area contributed by atoms with Crippen molar-refractivity contribution in [2.45, 2.75) is 6.04 Å². The highest BCUT2D eigenvalue weighted by Gasteiger charge is 2.22. The quantitative estimate of drug-likeness (QED) is 0.666. The van der Waals surface area contributed by atoms with E-state index in [1.54, 1.807) is 24.3 Å². The van der Waals surface area contributed by atoms with Crippen LogP contribution < -0.4 is 5.32 Å². The van der Waals surface area contributed by atoms with Gasteiger partial charge in [0.1, 0.15) is 6.67 Å². The molecule has 1 atom stereocenters. The maximum atomic E-state index is 11.9. The number of allylic oxidation sites excluding steroid dienone is 1. The van der Waals surface area contributed by atoms with Crippen molar-refractivity contribution in [3.63, 3.8) is 0 Å². The van der Waals surface area contributed by atoms with Crippen molar-refractivity contribution in [2.75, 3.05) is 13.8 Å². The van der Waals surface area contributed by atoms with E-state index in [4.69, 9.17) is 0 Å². The molecular weight excluding hydrogens is 317 g/mol. The van der Waals surface area contributed by atoms with E-state index in [1.807, 2.05) is 0 Å². The smallest absolute Gasteiger partial charge is 0.333 e. The molecule has 1 aromatic rings. The Hall–Kier alpha value is -1.69. The summed E-state index contributed by atoms with van der Waals surface area (Å²) in [5, 5.41) is 2.46. The first-order chi connectivity index (χ1) is 9.08. The predicted octanol–water partition coefficient (Wildman–Crippen LogP) is 2.31. The Morgan fingerprint density at radius 1 is 1.53 bits per heavy atom. The number of carbonyl (C=O) groups excluding carboxylic acids is 2. The third-order valence-corrected chi connectivity index (χ3v) is 2.76. The summed E-state index contributed by atoms with van der Waals surface area (Å²) < 4.78 is 17.3. The fourth-order valence-electron chi connectivity index (χ4n) is 1.42. The van der Waals surface area contributed by atoms with Crippen LogP contribution in [0.2, 0.25) is 0 Å². The molecule has 0 radical (unpaired) electrons. The van der Waals surface area contributed by atoms with Gasteiger partial charge in [0.25, 0.3) is 0 Å². The first kappa shape index (κ1) is 15.4. The van der Waals surface area contributed by atoms with Gasteiger partial charge in [-0.3, -0.25) is 4.79 Å². The predicted molar refractivity (Wildman–Crippen MR) is 72.2 cm³/mol. The molecule has 1 rings (SSSR count). The van der Waals surface area contributed by atoms with Crippen molar-refractivity contribution >= 4 is 27.8 Å². The fraction of sp³-hybridized carbons (Fsp3) is 0.231. The summed E-state index contributed by atoms with van der Waals surface area (Å²) in [5.41, 5.74) is 0.572. The zero-order valence-corrected chi connectivity index (χ0v) is 11.8. The summed E-state index contributed by atoms with van der Waals surface area (Å²) in [6.07, 6.45) is 2.10. The Kier molecular flexibility index (Phi) is 6.21. The lowest BCUT2D eigenvalue weighted by Gasteiger charge is -2.16. The Morgan fingerprint density at radius 2 is 2.26 bits per heavy atom. The average molecular weight is 330 g/mol. The highest BCUT2D eigenvalue weighted by molar-refractivity contribution is 9.10. The summed E-state index contributed by atoms with van der Waals surface area (Å²) in [4.78, 5) is 23.2. The third-order valence-electron chi connectivity index (χ3n) is 2.26. The van der Waals surface area contributed by atoms with E-state index in [9.17, 15) is 14.0 Å². The first-order valence-electron chi connectivity index (χ1n) is 5.44.